The van der Waals surface area contributed by atoms with E-state index in [1.54, 1.807) is 16.8 Å². The normalized spacial score (nSPS) is 18.0. The number of hydrogen-bond acceptors (Lipinski definition) is 4. The third-order valence-corrected chi connectivity index (χ3v) is 4.93. The Hall–Kier alpha value is -0.940. The Balaban J connectivity index is 4.89. The fourth-order valence-corrected chi connectivity index (χ4v) is 2.43. The molecule has 0 heterocycles. The molecule has 0 saturated carbocycles. The van der Waals surface area contributed by atoms with Gasteiger partial charge in [0.25, 0.3) is 0 Å². The molecule has 0 aliphatic rings. The topological polar surface area (TPSA) is 43.8 Å². The molecule has 0 saturated heterocycles. The third-order valence-electron chi connectivity index (χ3n) is 4.26. The quantitative estimate of drug-likeness (QED) is 0.531. The van der Waals surface area contributed by atoms with E-state index >= 15 is 0 Å². The minimum atomic E-state index is -0.689. The molecular formula is C17H32N2O2S. The Morgan fingerprint density at radius 3 is 2.41 bits per heavy atom. The summed E-state index contributed by atoms with van der Waals surface area (Å²) < 4.78 is -0.571. The van der Waals surface area contributed by atoms with Crippen molar-refractivity contribution in [3.05, 3.63) is 24.0 Å². The highest BCUT2D eigenvalue weighted by atomic mass is 32.1. The average Bonchev–Trinajstić information content (AvgIpc) is 2.49. The van der Waals surface area contributed by atoms with E-state index in [2.05, 4.69) is 19.6 Å². The maximum absolute atomic E-state index is 11.7. The fourth-order valence-electron chi connectivity index (χ4n) is 2.14. The summed E-state index contributed by atoms with van der Waals surface area (Å²) in [6.45, 7) is 9.70. The predicted molar refractivity (Wildman–Crippen MR) is 96.6 cm³/mol. The molecule has 2 unspecified atom stereocenters. The first-order valence-corrected chi connectivity index (χ1v) is 8.22. The van der Waals surface area contributed by atoms with Gasteiger partial charge in [0.15, 0.2) is 0 Å². The van der Waals surface area contributed by atoms with Crippen molar-refractivity contribution in [2.45, 2.75) is 58.4 Å². The highest BCUT2D eigenvalue weighted by Crippen LogP contribution is 2.32. The lowest BCUT2D eigenvalue weighted by molar-refractivity contribution is -0.127. The monoisotopic (exact) mass is 328 g/mol. The average molecular weight is 329 g/mol. The lowest BCUT2D eigenvalue weighted by atomic mass is 9.89. The Labute approximate surface area is 141 Å². The van der Waals surface area contributed by atoms with E-state index in [9.17, 15) is 9.90 Å². The zero-order chi connectivity index (χ0) is 17.5. The van der Waals surface area contributed by atoms with E-state index in [-0.39, 0.29) is 11.8 Å². The van der Waals surface area contributed by atoms with Gasteiger partial charge in [-0.1, -0.05) is 26.0 Å². The van der Waals surface area contributed by atoms with Crippen molar-refractivity contribution in [3.8, 4) is 0 Å². The van der Waals surface area contributed by atoms with Gasteiger partial charge in [-0.25, -0.2) is 0 Å². The first-order valence-electron chi connectivity index (χ1n) is 7.78. The van der Waals surface area contributed by atoms with Crippen LogP contribution in [0.4, 0.5) is 0 Å². The van der Waals surface area contributed by atoms with Crippen molar-refractivity contribution in [1.29, 1.82) is 0 Å². The second-order valence-electron chi connectivity index (χ2n) is 6.04. The number of rotatable bonds is 8. The van der Waals surface area contributed by atoms with Crippen LogP contribution >= 0.6 is 12.6 Å². The van der Waals surface area contributed by atoms with Crippen molar-refractivity contribution in [1.82, 2.24) is 9.80 Å². The highest BCUT2D eigenvalue weighted by Gasteiger charge is 2.36. The van der Waals surface area contributed by atoms with Crippen LogP contribution in [0.15, 0.2) is 24.0 Å². The molecule has 1 amide bonds. The molecule has 0 bridgehead atoms. The van der Waals surface area contributed by atoms with Crippen molar-refractivity contribution in [2.75, 3.05) is 14.1 Å². The fraction of sp³-hybridized carbons (Fsp3) is 0.706. The van der Waals surface area contributed by atoms with Gasteiger partial charge in [-0.05, 0) is 39.3 Å². The van der Waals surface area contributed by atoms with Crippen molar-refractivity contribution < 1.29 is 9.90 Å². The van der Waals surface area contributed by atoms with Crippen LogP contribution in [0.1, 0.15) is 47.5 Å². The maximum Gasteiger partial charge on any atom is 0.226 e. The smallest absolute Gasteiger partial charge is 0.226 e. The van der Waals surface area contributed by atoms with Crippen molar-refractivity contribution in [3.63, 3.8) is 0 Å². The number of aliphatic hydroxyl groups excluding tert-OH is 1. The van der Waals surface area contributed by atoms with Gasteiger partial charge in [0, 0.05) is 26.2 Å². The van der Waals surface area contributed by atoms with E-state index in [4.69, 9.17) is 0 Å². The minimum absolute atomic E-state index is 0.0999. The molecule has 0 aromatic carbocycles. The Morgan fingerprint density at radius 2 is 1.95 bits per heavy atom. The summed E-state index contributed by atoms with van der Waals surface area (Å²) >= 11 is 4.69. The van der Waals surface area contributed by atoms with E-state index < -0.39 is 11.0 Å². The number of carbonyl (C=O) groups is 1. The maximum atomic E-state index is 11.7. The van der Waals surface area contributed by atoms with Crippen LogP contribution in [0.5, 0.6) is 0 Å². The molecule has 0 aliphatic heterocycles. The Bertz CT molecular complexity index is 419. The molecule has 0 radical (unpaired) electrons. The number of nitrogens with zero attached hydrogens (tertiary/aromatic N) is 2. The van der Waals surface area contributed by atoms with Gasteiger partial charge in [-0.3, -0.25) is 4.79 Å². The first-order chi connectivity index (χ1) is 10.1. The summed E-state index contributed by atoms with van der Waals surface area (Å²) in [6, 6.07) is 0. The van der Waals surface area contributed by atoms with E-state index in [1.807, 2.05) is 53.1 Å². The van der Waals surface area contributed by atoms with Crippen LogP contribution in [0.3, 0.4) is 0 Å². The number of thiol groups is 1. The standard InChI is InChI=1S/C17H32N2O2S/c1-8-12-18(6)16(21)17(5,22)13(3)10-11-14(4)19(7)15(20)9-2/h8,11-13,16,21-22H,9-10H2,1-7H3/b12-8+,14-11+/t13-,16?,17?/m0/s1. The molecule has 5 heteroatoms. The van der Waals surface area contributed by atoms with Gasteiger partial charge in [0.1, 0.15) is 6.23 Å². The van der Waals surface area contributed by atoms with Gasteiger partial charge >= 0.3 is 0 Å². The predicted octanol–water partition coefficient (Wildman–Crippen LogP) is 3.26. The lowest BCUT2D eigenvalue weighted by Gasteiger charge is -2.39. The molecule has 0 fully saturated rings. The number of hydrogen-bond donors (Lipinski definition) is 2. The van der Waals surface area contributed by atoms with E-state index in [1.165, 1.54) is 0 Å². The molecule has 3 atom stereocenters. The lowest BCUT2D eigenvalue weighted by Crippen LogP contribution is -2.47. The zero-order valence-electron chi connectivity index (χ0n) is 15.0. The van der Waals surface area contributed by atoms with Gasteiger partial charge in [0.2, 0.25) is 5.91 Å². The molecule has 22 heavy (non-hydrogen) atoms. The van der Waals surface area contributed by atoms with Crippen LogP contribution in [0.25, 0.3) is 0 Å². The molecule has 0 rings (SSSR count). The molecule has 0 aromatic rings. The van der Waals surface area contributed by atoms with Crippen LogP contribution in [-0.2, 0) is 4.79 Å². The Kier molecular flexibility index (Phi) is 8.86. The summed E-state index contributed by atoms with van der Waals surface area (Å²) in [4.78, 5) is 15.1. The summed E-state index contributed by atoms with van der Waals surface area (Å²) in [5.74, 6) is 0.238. The number of aliphatic hydroxyl groups is 1. The molecule has 128 valence electrons. The first kappa shape index (κ1) is 21.1. The molecule has 4 nitrogen and oxygen atoms in total. The van der Waals surface area contributed by atoms with Crippen LogP contribution < -0.4 is 0 Å². The summed E-state index contributed by atoms with van der Waals surface area (Å²) in [6.07, 6.45) is 6.30. The largest absolute Gasteiger partial charge is 0.372 e. The summed E-state index contributed by atoms with van der Waals surface area (Å²) in [7, 11) is 3.62. The van der Waals surface area contributed by atoms with Crippen molar-refractivity contribution in [2.24, 2.45) is 5.92 Å². The van der Waals surface area contributed by atoms with Gasteiger partial charge in [0.05, 0.1) is 4.75 Å². The van der Waals surface area contributed by atoms with E-state index in [0.29, 0.717) is 6.42 Å². The Morgan fingerprint density at radius 1 is 1.41 bits per heavy atom. The van der Waals surface area contributed by atoms with Crippen molar-refractivity contribution >= 4 is 18.5 Å². The second kappa shape index (κ2) is 9.26. The summed E-state index contributed by atoms with van der Waals surface area (Å²) in [5, 5.41) is 10.5. The van der Waals surface area contributed by atoms with Gasteiger partial charge < -0.3 is 14.9 Å². The SMILES string of the molecule is C/C=C/N(C)C(O)C(C)(S)[C@@H](C)C/C=C(\C)N(C)C(=O)CC. The van der Waals surface area contributed by atoms with Crippen LogP contribution in [-0.4, -0.2) is 45.9 Å². The number of allylic oxidation sites excluding steroid dienone is 3. The molecule has 0 aliphatic carbocycles. The molecule has 0 spiro atoms. The van der Waals surface area contributed by atoms with Crippen LogP contribution in [0, 0.1) is 5.92 Å². The van der Waals surface area contributed by atoms with Gasteiger partial charge in [-0.2, -0.15) is 12.6 Å². The highest BCUT2D eigenvalue weighted by molar-refractivity contribution is 7.81. The van der Waals surface area contributed by atoms with Gasteiger partial charge in [-0.15, -0.1) is 0 Å². The molecular weight excluding hydrogens is 296 g/mol. The van der Waals surface area contributed by atoms with Crippen LogP contribution in [0.2, 0.25) is 0 Å². The molecule has 1 N–H and O–H groups in total. The molecule has 0 aromatic heterocycles. The number of carbonyl (C=O) groups excluding carboxylic acids is 1. The number of amides is 1. The minimum Gasteiger partial charge on any atom is -0.372 e. The third kappa shape index (κ3) is 5.69. The second-order valence-corrected chi connectivity index (χ2v) is 7.00. The summed E-state index contributed by atoms with van der Waals surface area (Å²) in [5.41, 5.74) is 0.930. The van der Waals surface area contributed by atoms with E-state index in [0.717, 1.165) is 12.1 Å². The zero-order valence-corrected chi connectivity index (χ0v) is 15.9.